The van der Waals surface area contributed by atoms with Gasteiger partial charge in [0.1, 0.15) is 0 Å². The van der Waals surface area contributed by atoms with Crippen molar-refractivity contribution in [1.82, 2.24) is 0 Å². The Hall–Kier alpha value is -0.0800. The zero-order valence-electron chi connectivity index (χ0n) is 9.68. The minimum atomic E-state index is 0.347. The molecule has 0 aromatic heterocycles. The summed E-state index contributed by atoms with van der Waals surface area (Å²) < 4.78 is 5.37. The highest BCUT2D eigenvalue weighted by molar-refractivity contribution is 5.10. The van der Waals surface area contributed by atoms with Crippen LogP contribution in [0.15, 0.2) is 0 Å². The smallest absolute Gasteiger partial charge is 0.0559 e. The minimum absolute atomic E-state index is 0.347. The van der Waals surface area contributed by atoms with Crippen LogP contribution in [-0.4, -0.2) is 19.3 Å². The van der Waals surface area contributed by atoms with Gasteiger partial charge in [-0.15, -0.1) is 0 Å². The van der Waals surface area contributed by atoms with E-state index < -0.39 is 0 Å². The molecule has 2 aliphatic rings. The van der Waals surface area contributed by atoms with Gasteiger partial charge in [0.25, 0.3) is 0 Å². The van der Waals surface area contributed by atoms with Crippen LogP contribution >= 0.6 is 0 Å². The largest absolute Gasteiger partial charge is 0.380 e. The normalized spacial score (nSPS) is 40.5. The molecule has 1 spiro atoms. The molecule has 1 saturated heterocycles. The van der Waals surface area contributed by atoms with Gasteiger partial charge in [-0.05, 0) is 30.6 Å². The van der Waals surface area contributed by atoms with Crippen LogP contribution in [0.1, 0.15) is 40.0 Å². The fraction of sp³-hybridized carbons (Fsp3) is 1.00. The van der Waals surface area contributed by atoms with Crippen molar-refractivity contribution < 1.29 is 4.74 Å². The molecule has 1 saturated carbocycles. The van der Waals surface area contributed by atoms with Gasteiger partial charge in [-0.2, -0.15) is 0 Å². The average molecular weight is 197 g/mol. The maximum absolute atomic E-state index is 6.49. The molecule has 1 aliphatic heterocycles. The maximum atomic E-state index is 6.49. The summed E-state index contributed by atoms with van der Waals surface area (Å²) in [5.41, 5.74) is 7.21. The van der Waals surface area contributed by atoms with Crippen LogP contribution in [0.2, 0.25) is 0 Å². The van der Waals surface area contributed by atoms with E-state index in [-0.39, 0.29) is 0 Å². The van der Waals surface area contributed by atoms with Gasteiger partial charge in [-0.25, -0.2) is 0 Å². The zero-order chi connectivity index (χ0) is 10.4. The Bertz CT molecular complexity index is 222. The van der Waals surface area contributed by atoms with Gasteiger partial charge in [0.05, 0.1) is 13.2 Å². The molecule has 2 rings (SSSR count). The van der Waals surface area contributed by atoms with Crippen LogP contribution < -0.4 is 5.73 Å². The second kappa shape index (κ2) is 3.21. The molecule has 2 nitrogen and oxygen atoms in total. The lowest BCUT2D eigenvalue weighted by Crippen LogP contribution is -2.57. The number of ether oxygens (including phenoxy) is 1. The van der Waals surface area contributed by atoms with Crippen molar-refractivity contribution >= 4 is 0 Å². The van der Waals surface area contributed by atoms with Crippen molar-refractivity contribution in [2.24, 2.45) is 22.5 Å². The van der Waals surface area contributed by atoms with Crippen molar-refractivity contribution in [3.63, 3.8) is 0 Å². The monoisotopic (exact) mass is 197 g/mol. The summed E-state index contributed by atoms with van der Waals surface area (Å²) in [7, 11) is 0. The SMILES string of the molecule is CCC1(C(C)C)CCC2(COC2)[C@H]1N. The van der Waals surface area contributed by atoms with E-state index in [2.05, 4.69) is 20.8 Å². The zero-order valence-corrected chi connectivity index (χ0v) is 9.68. The van der Waals surface area contributed by atoms with Gasteiger partial charge >= 0.3 is 0 Å². The summed E-state index contributed by atoms with van der Waals surface area (Å²) in [6, 6.07) is 0.355. The van der Waals surface area contributed by atoms with Gasteiger partial charge < -0.3 is 10.5 Å². The Morgan fingerprint density at radius 2 is 2.00 bits per heavy atom. The lowest BCUT2D eigenvalue weighted by molar-refractivity contribution is -0.126. The first-order chi connectivity index (χ1) is 6.57. The van der Waals surface area contributed by atoms with Crippen LogP contribution in [0.4, 0.5) is 0 Å². The molecule has 1 unspecified atom stereocenters. The molecule has 1 aliphatic carbocycles. The first-order valence-corrected chi connectivity index (χ1v) is 5.91. The summed E-state index contributed by atoms with van der Waals surface area (Å²) in [5, 5.41) is 0. The molecule has 2 atom stereocenters. The Kier molecular flexibility index (Phi) is 2.39. The van der Waals surface area contributed by atoms with E-state index in [0.717, 1.165) is 13.2 Å². The molecule has 14 heavy (non-hydrogen) atoms. The summed E-state index contributed by atoms with van der Waals surface area (Å²) in [6.07, 6.45) is 3.79. The molecule has 0 aromatic carbocycles. The van der Waals surface area contributed by atoms with Crippen LogP contribution in [0, 0.1) is 16.7 Å². The molecule has 2 fully saturated rings. The Balaban J connectivity index is 2.22. The topological polar surface area (TPSA) is 35.2 Å². The third-order valence-electron chi connectivity index (χ3n) is 4.95. The molecule has 82 valence electrons. The van der Waals surface area contributed by atoms with Gasteiger partial charge in [-0.3, -0.25) is 0 Å². The number of hydrogen-bond donors (Lipinski definition) is 1. The summed E-state index contributed by atoms with van der Waals surface area (Å²) in [4.78, 5) is 0. The van der Waals surface area contributed by atoms with E-state index in [1.807, 2.05) is 0 Å². The molecule has 0 aromatic rings. The van der Waals surface area contributed by atoms with Crippen LogP contribution in [0.3, 0.4) is 0 Å². The van der Waals surface area contributed by atoms with E-state index in [4.69, 9.17) is 10.5 Å². The van der Waals surface area contributed by atoms with Crippen molar-refractivity contribution in [2.45, 2.75) is 46.1 Å². The molecule has 2 heteroatoms. The molecule has 1 heterocycles. The lowest BCUT2D eigenvalue weighted by atomic mass is 9.66. The second-order valence-electron chi connectivity index (χ2n) is 5.57. The third-order valence-corrected chi connectivity index (χ3v) is 4.95. The fourth-order valence-electron chi connectivity index (χ4n) is 3.54. The first kappa shape index (κ1) is 10.4. The molecular formula is C12H23NO. The quantitative estimate of drug-likeness (QED) is 0.736. The van der Waals surface area contributed by atoms with Crippen molar-refractivity contribution in [1.29, 1.82) is 0 Å². The summed E-state index contributed by atoms with van der Waals surface area (Å²) in [6.45, 7) is 8.74. The number of hydrogen-bond acceptors (Lipinski definition) is 2. The molecule has 2 N–H and O–H groups in total. The van der Waals surface area contributed by atoms with Crippen LogP contribution in [-0.2, 0) is 4.74 Å². The minimum Gasteiger partial charge on any atom is -0.380 e. The number of rotatable bonds is 2. The van der Waals surface area contributed by atoms with E-state index in [0.29, 0.717) is 22.8 Å². The second-order valence-corrected chi connectivity index (χ2v) is 5.57. The fourth-order valence-corrected chi connectivity index (χ4v) is 3.54. The lowest BCUT2D eigenvalue weighted by Gasteiger charge is -2.47. The van der Waals surface area contributed by atoms with E-state index in [1.54, 1.807) is 0 Å². The van der Waals surface area contributed by atoms with Gasteiger partial charge in [-0.1, -0.05) is 20.8 Å². The third kappa shape index (κ3) is 1.10. The molecule has 0 amide bonds. The highest BCUT2D eigenvalue weighted by Crippen LogP contribution is 2.56. The highest BCUT2D eigenvalue weighted by atomic mass is 16.5. The molecular weight excluding hydrogens is 174 g/mol. The van der Waals surface area contributed by atoms with Crippen molar-refractivity contribution in [3.8, 4) is 0 Å². The van der Waals surface area contributed by atoms with Crippen molar-refractivity contribution in [2.75, 3.05) is 13.2 Å². The van der Waals surface area contributed by atoms with Gasteiger partial charge in [0.2, 0.25) is 0 Å². The standard InChI is InChI=1S/C12H23NO/c1-4-12(9(2)3)6-5-11(10(12)13)7-14-8-11/h9-10H,4-8,13H2,1-3H3/t10-,12?/m1/s1. The summed E-state index contributed by atoms with van der Waals surface area (Å²) >= 11 is 0. The molecule has 0 radical (unpaired) electrons. The Morgan fingerprint density at radius 1 is 1.36 bits per heavy atom. The predicted octanol–water partition coefficient (Wildman–Crippen LogP) is 2.18. The highest BCUT2D eigenvalue weighted by Gasteiger charge is 2.58. The van der Waals surface area contributed by atoms with Gasteiger partial charge in [0, 0.05) is 11.5 Å². The average Bonchev–Trinajstić information content (AvgIpc) is 2.39. The maximum Gasteiger partial charge on any atom is 0.0559 e. The Morgan fingerprint density at radius 3 is 2.21 bits per heavy atom. The van der Waals surface area contributed by atoms with E-state index in [9.17, 15) is 0 Å². The van der Waals surface area contributed by atoms with E-state index >= 15 is 0 Å². The molecule has 0 bridgehead atoms. The first-order valence-electron chi connectivity index (χ1n) is 5.91. The Labute approximate surface area is 87.2 Å². The van der Waals surface area contributed by atoms with Crippen LogP contribution in [0.25, 0.3) is 0 Å². The van der Waals surface area contributed by atoms with Gasteiger partial charge in [0.15, 0.2) is 0 Å². The van der Waals surface area contributed by atoms with Crippen molar-refractivity contribution in [3.05, 3.63) is 0 Å². The van der Waals surface area contributed by atoms with E-state index in [1.165, 1.54) is 19.3 Å². The number of nitrogens with two attached hydrogens (primary N) is 1. The van der Waals surface area contributed by atoms with Crippen LogP contribution in [0.5, 0.6) is 0 Å². The predicted molar refractivity (Wildman–Crippen MR) is 58.0 cm³/mol. The summed E-state index contributed by atoms with van der Waals surface area (Å²) in [5.74, 6) is 0.697.